The first-order chi connectivity index (χ1) is 18.3. The molecule has 0 aliphatic carbocycles. The fraction of sp³-hybridized carbons (Fsp3) is 0.269. The van der Waals surface area contributed by atoms with E-state index in [1.165, 1.54) is 40.7 Å². The van der Waals surface area contributed by atoms with Crippen molar-refractivity contribution in [1.29, 1.82) is 0 Å². The smallest absolute Gasteiger partial charge is 0.261 e. The van der Waals surface area contributed by atoms with Gasteiger partial charge in [-0.3, -0.25) is 9.52 Å². The molecule has 1 fully saturated rings. The van der Waals surface area contributed by atoms with Gasteiger partial charge in [-0.15, -0.1) is 0 Å². The molecule has 0 bridgehead atoms. The molecule has 1 heterocycles. The molecule has 3 aromatic rings. The number of nitrogens with one attached hydrogen (secondary N) is 2. The summed E-state index contributed by atoms with van der Waals surface area (Å²) in [6.45, 7) is 2.16. The highest BCUT2D eigenvalue weighted by molar-refractivity contribution is 7.92. The Morgan fingerprint density at radius 3 is 2.28 bits per heavy atom. The number of piperidine rings is 1. The molecule has 2 N–H and O–H groups in total. The molecule has 4 rings (SSSR count). The van der Waals surface area contributed by atoms with E-state index in [1.54, 1.807) is 24.3 Å². The predicted molar refractivity (Wildman–Crippen MR) is 155 cm³/mol. The monoisotopic (exact) mass is 629 g/mol. The lowest BCUT2D eigenvalue weighted by Crippen LogP contribution is -2.44. The van der Waals surface area contributed by atoms with Crippen LogP contribution >= 0.6 is 34.8 Å². The Morgan fingerprint density at radius 1 is 0.923 bits per heavy atom. The lowest BCUT2D eigenvalue weighted by atomic mass is 9.99. The van der Waals surface area contributed by atoms with E-state index in [-0.39, 0.29) is 28.1 Å². The van der Waals surface area contributed by atoms with Gasteiger partial charge in [-0.25, -0.2) is 21.1 Å². The van der Waals surface area contributed by atoms with E-state index in [0.29, 0.717) is 46.4 Å². The van der Waals surface area contributed by atoms with E-state index >= 15 is 0 Å². The second-order valence-electron chi connectivity index (χ2n) is 9.27. The maximum Gasteiger partial charge on any atom is 0.261 e. The van der Waals surface area contributed by atoms with Crippen molar-refractivity contribution in [2.24, 2.45) is 5.92 Å². The molecule has 1 atom stereocenters. The summed E-state index contributed by atoms with van der Waals surface area (Å²) in [5, 5.41) is 3.88. The molecule has 8 nitrogen and oxygen atoms in total. The number of amides is 1. The maximum atomic E-state index is 13.0. The van der Waals surface area contributed by atoms with Crippen LogP contribution in [0.1, 0.15) is 24.0 Å². The number of carbonyl (C=O) groups excluding carboxylic acids is 1. The Bertz CT molecular complexity index is 1600. The number of carbonyl (C=O) groups is 1. The lowest BCUT2D eigenvalue weighted by Gasteiger charge is -2.31. The Balaban J connectivity index is 1.39. The van der Waals surface area contributed by atoms with Crippen LogP contribution in [0.15, 0.2) is 65.6 Å². The summed E-state index contributed by atoms with van der Waals surface area (Å²) in [7, 11) is -7.60. The Morgan fingerprint density at radius 2 is 1.62 bits per heavy atom. The Labute approximate surface area is 243 Å². The maximum absolute atomic E-state index is 13.0. The largest absolute Gasteiger partial charge is 0.326 e. The molecule has 0 radical (unpaired) electrons. The molecule has 1 aliphatic heterocycles. The minimum absolute atomic E-state index is 0.00740. The number of halogens is 3. The third kappa shape index (κ3) is 7.45. The molecular weight excluding hydrogens is 605 g/mol. The van der Waals surface area contributed by atoms with Crippen molar-refractivity contribution in [3.63, 3.8) is 0 Å². The lowest BCUT2D eigenvalue weighted by molar-refractivity contribution is -0.120. The normalized spacial score (nSPS) is 16.6. The average molecular weight is 631 g/mol. The molecule has 13 heteroatoms. The van der Waals surface area contributed by atoms with Gasteiger partial charge >= 0.3 is 0 Å². The van der Waals surface area contributed by atoms with Gasteiger partial charge in [-0.1, -0.05) is 46.9 Å². The number of anilines is 2. The second kappa shape index (κ2) is 12.0. The summed E-state index contributed by atoms with van der Waals surface area (Å²) in [5.74, 6) is -1.20. The van der Waals surface area contributed by atoms with E-state index in [2.05, 4.69) is 10.0 Å². The fourth-order valence-electron chi connectivity index (χ4n) is 4.17. The minimum Gasteiger partial charge on any atom is -0.326 e. The van der Waals surface area contributed by atoms with E-state index in [1.807, 2.05) is 6.92 Å². The third-order valence-corrected chi connectivity index (χ3v) is 10.5. The van der Waals surface area contributed by atoms with Crippen molar-refractivity contribution < 1.29 is 21.6 Å². The zero-order valence-corrected chi connectivity index (χ0v) is 24.7. The van der Waals surface area contributed by atoms with Crippen LogP contribution in [0.4, 0.5) is 11.4 Å². The van der Waals surface area contributed by atoms with Crippen molar-refractivity contribution in [1.82, 2.24) is 4.31 Å². The van der Waals surface area contributed by atoms with Gasteiger partial charge < -0.3 is 5.32 Å². The highest BCUT2D eigenvalue weighted by Gasteiger charge is 2.33. The number of nitrogens with zero attached hydrogens (tertiary/aromatic N) is 1. The molecule has 3 aromatic carbocycles. The van der Waals surface area contributed by atoms with Gasteiger partial charge in [0, 0.05) is 33.8 Å². The summed E-state index contributed by atoms with van der Waals surface area (Å²) in [6, 6.07) is 15.2. The van der Waals surface area contributed by atoms with Crippen LogP contribution in [0.25, 0.3) is 0 Å². The number of aryl methyl sites for hydroxylation is 1. The number of benzene rings is 3. The number of hydrogen-bond donors (Lipinski definition) is 2. The Hall–Kier alpha value is -2.34. The second-order valence-corrected chi connectivity index (χ2v) is 14.2. The predicted octanol–water partition coefficient (Wildman–Crippen LogP) is 5.94. The Kier molecular flexibility index (Phi) is 9.15. The molecule has 0 saturated carbocycles. The van der Waals surface area contributed by atoms with Gasteiger partial charge in [-0.2, -0.15) is 0 Å². The van der Waals surface area contributed by atoms with E-state index in [4.69, 9.17) is 34.8 Å². The van der Waals surface area contributed by atoms with Crippen molar-refractivity contribution in [2.75, 3.05) is 23.1 Å². The number of hydrogen-bond acceptors (Lipinski definition) is 5. The first-order valence-electron chi connectivity index (χ1n) is 12.0. The van der Waals surface area contributed by atoms with Crippen LogP contribution in [-0.2, 0) is 30.6 Å². The molecule has 208 valence electrons. The highest BCUT2D eigenvalue weighted by atomic mass is 35.5. The fourth-order valence-corrected chi connectivity index (χ4v) is 7.59. The number of sulfonamides is 2. The minimum atomic E-state index is -3.88. The van der Waals surface area contributed by atoms with Gasteiger partial charge in [0.25, 0.3) is 10.0 Å². The van der Waals surface area contributed by atoms with Gasteiger partial charge in [0.15, 0.2) is 0 Å². The quantitative estimate of drug-likeness (QED) is 0.320. The van der Waals surface area contributed by atoms with Gasteiger partial charge in [-0.05, 0) is 79.4 Å². The summed E-state index contributed by atoms with van der Waals surface area (Å²) in [6.07, 6.45) is 1.05. The van der Waals surface area contributed by atoms with Gasteiger partial charge in [0.1, 0.15) is 0 Å². The topological polar surface area (TPSA) is 113 Å². The molecule has 1 aliphatic rings. The summed E-state index contributed by atoms with van der Waals surface area (Å²) in [4.78, 5) is 13.0. The van der Waals surface area contributed by atoms with Crippen molar-refractivity contribution >= 4 is 72.1 Å². The van der Waals surface area contributed by atoms with Gasteiger partial charge in [0.2, 0.25) is 15.9 Å². The van der Waals surface area contributed by atoms with Gasteiger partial charge in [0.05, 0.1) is 22.3 Å². The first kappa shape index (κ1) is 29.6. The van der Waals surface area contributed by atoms with Crippen molar-refractivity contribution in [3.8, 4) is 0 Å². The van der Waals surface area contributed by atoms with Crippen LogP contribution < -0.4 is 10.0 Å². The van der Waals surface area contributed by atoms with Crippen LogP contribution in [0.5, 0.6) is 0 Å². The number of rotatable bonds is 8. The molecular formula is C26H26Cl3N3O5S2. The molecule has 0 aromatic heterocycles. The average Bonchev–Trinajstić information content (AvgIpc) is 2.88. The zero-order chi connectivity index (χ0) is 28.4. The third-order valence-electron chi connectivity index (χ3n) is 6.36. The van der Waals surface area contributed by atoms with E-state index in [0.717, 1.165) is 5.56 Å². The molecule has 0 unspecified atom stereocenters. The van der Waals surface area contributed by atoms with Crippen LogP contribution in [0.3, 0.4) is 0 Å². The van der Waals surface area contributed by atoms with Crippen molar-refractivity contribution in [3.05, 3.63) is 86.9 Å². The molecule has 39 heavy (non-hydrogen) atoms. The zero-order valence-electron chi connectivity index (χ0n) is 20.8. The SMILES string of the molecule is Cc1ccc(NS(=O)(=O)c2ccc(NC(=O)[C@H]3CCCN(S(=O)(=O)Cc4ccc(Cl)cc4Cl)C3)cc2)cc1Cl. The molecule has 1 saturated heterocycles. The van der Waals surface area contributed by atoms with Crippen molar-refractivity contribution in [2.45, 2.75) is 30.4 Å². The molecule has 1 amide bonds. The van der Waals surface area contributed by atoms with Crippen LogP contribution in [-0.4, -0.2) is 40.1 Å². The van der Waals surface area contributed by atoms with E-state index in [9.17, 15) is 21.6 Å². The summed E-state index contributed by atoms with van der Waals surface area (Å²) >= 11 is 18.1. The van der Waals surface area contributed by atoms with Crippen LogP contribution in [0.2, 0.25) is 15.1 Å². The highest BCUT2D eigenvalue weighted by Crippen LogP contribution is 2.27. The molecule has 0 spiro atoms. The summed E-state index contributed by atoms with van der Waals surface area (Å²) in [5.41, 5.74) is 1.98. The standard InChI is InChI=1S/C26H26Cl3N3O5S2/c1-17-4-7-22(14-24(17)28)31-39(36,37)23-10-8-21(9-11-23)30-26(33)18-3-2-12-32(15-18)38(34,35)16-19-5-6-20(27)13-25(19)29/h4-11,13-14,18,31H,2-3,12,15-16H2,1H3,(H,30,33)/t18-/m0/s1. The van der Waals surface area contributed by atoms with E-state index < -0.39 is 26.0 Å². The van der Waals surface area contributed by atoms with Crippen LogP contribution in [0, 0.1) is 12.8 Å². The first-order valence-corrected chi connectivity index (χ1v) is 16.2. The summed E-state index contributed by atoms with van der Waals surface area (Å²) < 4.78 is 55.4.